The maximum absolute atomic E-state index is 12.0. The molecule has 6 nitrogen and oxygen atoms in total. The van der Waals surface area contributed by atoms with E-state index in [-0.39, 0.29) is 12.4 Å². The van der Waals surface area contributed by atoms with Gasteiger partial charge in [0.1, 0.15) is 11.4 Å². The monoisotopic (exact) mass is 370 g/mol. The molecule has 1 aliphatic rings. The summed E-state index contributed by atoms with van der Waals surface area (Å²) in [5.74, 6) is 0.185. The van der Waals surface area contributed by atoms with Gasteiger partial charge in [0.15, 0.2) is 0 Å². The maximum atomic E-state index is 12.0. The van der Waals surface area contributed by atoms with Crippen LogP contribution >= 0.6 is 11.6 Å². The summed E-state index contributed by atoms with van der Waals surface area (Å²) in [6.45, 7) is 6.59. The van der Waals surface area contributed by atoms with Crippen LogP contribution in [0.4, 0.5) is 11.4 Å². The van der Waals surface area contributed by atoms with Crippen LogP contribution in [0, 0.1) is 0 Å². The van der Waals surface area contributed by atoms with Crippen molar-refractivity contribution >= 4 is 28.9 Å². The number of aliphatic hydroxyl groups is 1. The fraction of sp³-hybridized carbons (Fsp3) is 0.611. The normalized spacial score (nSPS) is 17.3. The fourth-order valence-corrected chi connectivity index (χ4v) is 3.26. The number of esters is 1. The molecule has 0 saturated carbocycles. The first-order valence-electron chi connectivity index (χ1n) is 8.35. The molecule has 0 radical (unpaired) electrons. The van der Waals surface area contributed by atoms with Gasteiger partial charge in [-0.2, -0.15) is 0 Å². The van der Waals surface area contributed by atoms with Crippen molar-refractivity contribution in [1.29, 1.82) is 0 Å². The molecule has 2 rings (SSSR count). The molecule has 0 aromatic heterocycles. The Labute approximate surface area is 153 Å². The van der Waals surface area contributed by atoms with E-state index in [2.05, 4.69) is 4.90 Å². The van der Waals surface area contributed by atoms with Crippen molar-refractivity contribution in [3.05, 3.63) is 17.2 Å². The molecular weight excluding hydrogens is 344 g/mol. The van der Waals surface area contributed by atoms with Gasteiger partial charge in [0.05, 0.1) is 35.5 Å². The second-order valence-electron chi connectivity index (χ2n) is 7.52. The topological polar surface area (TPSA) is 85.0 Å². The molecule has 0 aliphatic carbocycles. The van der Waals surface area contributed by atoms with E-state index in [0.29, 0.717) is 42.4 Å². The summed E-state index contributed by atoms with van der Waals surface area (Å²) < 4.78 is 10.6. The summed E-state index contributed by atoms with van der Waals surface area (Å²) in [6.07, 6.45) is 0.904. The van der Waals surface area contributed by atoms with Crippen LogP contribution in [0.15, 0.2) is 12.1 Å². The third-order valence-electron chi connectivity index (χ3n) is 4.23. The molecule has 0 atom stereocenters. The van der Waals surface area contributed by atoms with Crippen molar-refractivity contribution in [3.63, 3.8) is 0 Å². The second kappa shape index (κ2) is 7.30. The number of ether oxygens (including phenoxy) is 2. The molecule has 0 spiro atoms. The summed E-state index contributed by atoms with van der Waals surface area (Å²) in [4.78, 5) is 14.1. The Hall–Kier alpha value is -1.66. The van der Waals surface area contributed by atoms with Crippen LogP contribution in [-0.2, 0) is 9.53 Å². The highest BCUT2D eigenvalue weighted by atomic mass is 35.5. The summed E-state index contributed by atoms with van der Waals surface area (Å²) in [7, 11) is 1.55. The number of halogens is 1. The van der Waals surface area contributed by atoms with Crippen LogP contribution in [0.3, 0.4) is 0 Å². The van der Waals surface area contributed by atoms with E-state index in [0.717, 1.165) is 5.69 Å². The zero-order chi connectivity index (χ0) is 18.8. The number of nitrogens with two attached hydrogens (primary N) is 1. The van der Waals surface area contributed by atoms with Gasteiger partial charge in [-0.05, 0) is 39.7 Å². The number of nitrogen functional groups attached to an aromatic ring is 1. The summed E-state index contributed by atoms with van der Waals surface area (Å²) in [6, 6.07) is 3.47. The van der Waals surface area contributed by atoms with Crippen LogP contribution in [0.5, 0.6) is 5.75 Å². The molecule has 7 heteroatoms. The highest BCUT2D eigenvalue weighted by Crippen LogP contribution is 2.38. The number of rotatable bonds is 4. The molecule has 1 aromatic carbocycles. The average Bonchev–Trinajstić information content (AvgIpc) is 2.46. The minimum atomic E-state index is -1.05. The molecule has 1 fully saturated rings. The molecule has 1 aromatic rings. The lowest BCUT2D eigenvalue weighted by Gasteiger charge is -2.39. The SMILES string of the molecule is COc1cc(N2CCC(O)(CC(=O)OC(C)(C)C)CC2)c(Cl)cc1N. The number of carbonyl (C=O) groups is 1. The number of carbonyl (C=O) groups excluding carboxylic acids is 1. The van der Waals surface area contributed by atoms with E-state index < -0.39 is 11.2 Å². The number of anilines is 2. The quantitative estimate of drug-likeness (QED) is 0.626. The van der Waals surface area contributed by atoms with Gasteiger partial charge in [-0.15, -0.1) is 0 Å². The van der Waals surface area contributed by atoms with Crippen molar-refractivity contribution in [2.75, 3.05) is 30.8 Å². The van der Waals surface area contributed by atoms with Crippen LogP contribution in [0.1, 0.15) is 40.0 Å². The first-order chi connectivity index (χ1) is 11.5. The van der Waals surface area contributed by atoms with E-state index in [4.69, 9.17) is 26.8 Å². The standard InChI is InChI=1S/C18H27ClN2O4/c1-17(2,3)25-16(22)11-18(23)5-7-21(8-6-18)14-10-15(24-4)13(20)9-12(14)19/h9-10,23H,5-8,11,20H2,1-4H3. The molecule has 0 bridgehead atoms. The summed E-state index contributed by atoms with van der Waals surface area (Å²) >= 11 is 6.31. The van der Waals surface area contributed by atoms with Gasteiger partial charge in [0, 0.05) is 19.2 Å². The van der Waals surface area contributed by atoms with E-state index in [1.165, 1.54) is 0 Å². The lowest BCUT2D eigenvalue weighted by Crippen LogP contribution is -2.46. The van der Waals surface area contributed by atoms with Crippen LogP contribution < -0.4 is 15.4 Å². The van der Waals surface area contributed by atoms with Crippen molar-refractivity contribution in [2.24, 2.45) is 0 Å². The Bertz CT molecular complexity index is 635. The van der Waals surface area contributed by atoms with Crippen LogP contribution in [0.25, 0.3) is 0 Å². The predicted octanol–water partition coefficient (Wildman–Crippen LogP) is 2.99. The second-order valence-corrected chi connectivity index (χ2v) is 7.93. The molecular formula is C18H27ClN2O4. The third-order valence-corrected chi connectivity index (χ3v) is 4.53. The first-order valence-corrected chi connectivity index (χ1v) is 8.73. The van der Waals surface area contributed by atoms with Gasteiger partial charge in [-0.1, -0.05) is 11.6 Å². The van der Waals surface area contributed by atoms with E-state index >= 15 is 0 Å². The lowest BCUT2D eigenvalue weighted by molar-refractivity contribution is -0.161. The Morgan fingerprint density at radius 1 is 1.36 bits per heavy atom. The molecule has 3 N–H and O–H groups in total. The lowest BCUT2D eigenvalue weighted by atomic mass is 9.88. The highest BCUT2D eigenvalue weighted by Gasteiger charge is 2.36. The van der Waals surface area contributed by atoms with Crippen molar-refractivity contribution < 1.29 is 19.4 Å². The van der Waals surface area contributed by atoms with E-state index in [1.54, 1.807) is 19.2 Å². The molecule has 0 unspecified atom stereocenters. The number of hydrogen-bond donors (Lipinski definition) is 2. The zero-order valence-corrected chi connectivity index (χ0v) is 16.0. The van der Waals surface area contributed by atoms with Crippen molar-refractivity contribution in [2.45, 2.75) is 51.2 Å². The fourth-order valence-electron chi connectivity index (χ4n) is 2.96. The summed E-state index contributed by atoms with van der Waals surface area (Å²) in [5.41, 5.74) is 5.55. The van der Waals surface area contributed by atoms with Crippen molar-refractivity contribution in [1.82, 2.24) is 0 Å². The van der Waals surface area contributed by atoms with Gasteiger partial charge in [0.2, 0.25) is 0 Å². The first kappa shape index (κ1) is 19.7. The molecule has 1 aliphatic heterocycles. The minimum absolute atomic E-state index is 0.00307. The Morgan fingerprint density at radius 2 is 1.96 bits per heavy atom. The van der Waals surface area contributed by atoms with Gasteiger partial charge >= 0.3 is 5.97 Å². The van der Waals surface area contributed by atoms with Gasteiger partial charge in [0.25, 0.3) is 0 Å². The van der Waals surface area contributed by atoms with E-state index in [1.807, 2.05) is 20.8 Å². The Morgan fingerprint density at radius 3 is 2.48 bits per heavy atom. The third kappa shape index (κ3) is 5.16. The zero-order valence-electron chi connectivity index (χ0n) is 15.3. The molecule has 0 amide bonds. The molecule has 25 heavy (non-hydrogen) atoms. The van der Waals surface area contributed by atoms with Gasteiger partial charge in [-0.25, -0.2) is 0 Å². The molecule has 1 saturated heterocycles. The Kier molecular flexibility index (Phi) is 5.74. The number of hydrogen-bond acceptors (Lipinski definition) is 6. The van der Waals surface area contributed by atoms with Crippen LogP contribution in [0.2, 0.25) is 5.02 Å². The predicted molar refractivity (Wildman–Crippen MR) is 99.3 cm³/mol. The molecule has 140 valence electrons. The van der Waals surface area contributed by atoms with Crippen molar-refractivity contribution in [3.8, 4) is 5.75 Å². The highest BCUT2D eigenvalue weighted by molar-refractivity contribution is 6.33. The number of benzene rings is 1. The van der Waals surface area contributed by atoms with Gasteiger partial charge < -0.3 is 25.2 Å². The van der Waals surface area contributed by atoms with Crippen LogP contribution in [-0.4, -0.2) is 42.5 Å². The molecule has 1 heterocycles. The Balaban J connectivity index is 2.03. The largest absolute Gasteiger partial charge is 0.495 e. The number of methoxy groups -OCH3 is 1. The number of piperidine rings is 1. The number of nitrogens with zero attached hydrogens (tertiary/aromatic N) is 1. The van der Waals surface area contributed by atoms with E-state index in [9.17, 15) is 9.90 Å². The maximum Gasteiger partial charge on any atom is 0.309 e. The van der Waals surface area contributed by atoms with Gasteiger partial charge in [-0.3, -0.25) is 4.79 Å². The minimum Gasteiger partial charge on any atom is -0.495 e. The summed E-state index contributed by atoms with van der Waals surface area (Å²) in [5, 5.41) is 11.3. The smallest absolute Gasteiger partial charge is 0.309 e. The average molecular weight is 371 g/mol.